The fourth-order valence-electron chi connectivity index (χ4n) is 3.32. The minimum absolute atomic E-state index is 0.0412. The molecule has 0 aliphatic carbocycles. The molecule has 1 N–H and O–H groups in total. The summed E-state index contributed by atoms with van der Waals surface area (Å²) in [6.07, 6.45) is 2.25. The maximum atomic E-state index is 12.4. The average Bonchev–Trinajstić information content (AvgIpc) is 3.27. The third-order valence-corrected chi connectivity index (χ3v) is 5.79. The van der Waals surface area contributed by atoms with E-state index in [0.29, 0.717) is 24.6 Å². The summed E-state index contributed by atoms with van der Waals surface area (Å²) in [5.41, 5.74) is 5.09. The Balaban J connectivity index is 1.33. The van der Waals surface area contributed by atoms with Crippen molar-refractivity contribution in [2.75, 3.05) is 13.2 Å². The number of carbonyl (C=O) groups excluding carboxylic acids is 1. The van der Waals surface area contributed by atoms with Gasteiger partial charge in [-0.05, 0) is 49.2 Å². The summed E-state index contributed by atoms with van der Waals surface area (Å²) in [6.45, 7) is 4.97. The standard InChI is InChI=1S/C23H22ClN3O2S/c1-15-9-16(2)11-20(10-15)29-8-7-25-22(28)12-19-14-30-23-26-21(13-27(19)23)17-3-5-18(24)6-4-17/h3-6,9-11,13-14H,7-8,12H2,1-2H3,(H,25,28). The van der Waals surface area contributed by atoms with Crippen molar-refractivity contribution in [2.24, 2.45) is 0 Å². The Bertz CT molecular complexity index is 1160. The summed E-state index contributed by atoms with van der Waals surface area (Å²) >= 11 is 7.49. The Morgan fingerprint density at radius 3 is 2.63 bits per heavy atom. The van der Waals surface area contributed by atoms with E-state index < -0.39 is 0 Å². The maximum Gasteiger partial charge on any atom is 0.226 e. The minimum Gasteiger partial charge on any atom is -0.492 e. The molecule has 0 bridgehead atoms. The molecule has 30 heavy (non-hydrogen) atoms. The highest BCUT2D eigenvalue weighted by atomic mass is 35.5. The Hall–Kier alpha value is -2.83. The van der Waals surface area contributed by atoms with Crippen LogP contribution in [0.4, 0.5) is 0 Å². The van der Waals surface area contributed by atoms with Gasteiger partial charge in [0, 0.05) is 27.9 Å². The first-order valence-electron chi connectivity index (χ1n) is 9.67. The predicted molar refractivity (Wildman–Crippen MR) is 122 cm³/mol. The molecule has 0 atom stereocenters. The SMILES string of the molecule is Cc1cc(C)cc(OCCNC(=O)Cc2csc3nc(-c4ccc(Cl)cc4)cn23)c1. The van der Waals surface area contributed by atoms with Crippen molar-refractivity contribution in [3.05, 3.63) is 75.9 Å². The molecule has 0 unspecified atom stereocenters. The molecule has 0 fully saturated rings. The van der Waals surface area contributed by atoms with Gasteiger partial charge in [0.05, 0.1) is 18.7 Å². The van der Waals surface area contributed by atoms with E-state index in [1.165, 1.54) is 11.3 Å². The molecule has 0 aliphatic rings. The van der Waals surface area contributed by atoms with Crippen LogP contribution in [0.1, 0.15) is 16.8 Å². The number of imidazole rings is 1. The van der Waals surface area contributed by atoms with Crippen molar-refractivity contribution in [3.8, 4) is 17.0 Å². The Morgan fingerprint density at radius 2 is 1.90 bits per heavy atom. The number of aryl methyl sites for hydroxylation is 2. The number of thiazole rings is 1. The summed E-state index contributed by atoms with van der Waals surface area (Å²) in [4.78, 5) is 17.9. The number of benzene rings is 2. The number of amides is 1. The molecule has 2 heterocycles. The second-order valence-corrected chi connectivity index (χ2v) is 8.48. The topological polar surface area (TPSA) is 55.6 Å². The molecule has 2 aromatic carbocycles. The van der Waals surface area contributed by atoms with E-state index in [1.807, 2.05) is 66.2 Å². The molecule has 5 nitrogen and oxygen atoms in total. The van der Waals surface area contributed by atoms with Gasteiger partial charge in [-0.3, -0.25) is 9.20 Å². The van der Waals surface area contributed by atoms with Crippen LogP contribution in [0.25, 0.3) is 16.2 Å². The van der Waals surface area contributed by atoms with Gasteiger partial charge in [0.2, 0.25) is 5.91 Å². The lowest BCUT2D eigenvalue weighted by Gasteiger charge is -2.09. The minimum atomic E-state index is -0.0412. The number of hydrogen-bond donors (Lipinski definition) is 1. The van der Waals surface area contributed by atoms with Crippen LogP contribution in [-0.4, -0.2) is 28.4 Å². The van der Waals surface area contributed by atoms with Gasteiger partial charge in [-0.2, -0.15) is 0 Å². The molecule has 4 rings (SSSR count). The van der Waals surface area contributed by atoms with Crippen LogP contribution in [0.3, 0.4) is 0 Å². The maximum absolute atomic E-state index is 12.4. The third-order valence-electron chi connectivity index (χ3n) is 4.65. The molecule has 1 amide bonds. The predicted octanol–water partition coefficient (Wildman–Crippen LogP) is 5.07. The number of fused-ring (bicyclic) bond motifs is 1. The van der Waals surface area contributed by atoms with Gasteiger partial charge < -0.3 is 10.1 Å². The second kappa shape index (κ2) is 8.90. The van der Waals surface area contributed by atoms with Crippen LogP contribution in [-0.2, 0) is 11.2 Å². The average molecular weight is 440 g/mol. The molecule has 7 heteroatoms. The van der Waals surface area contributed by atoms with Crippen LogP contribution in [0.2, 0.25) is 5.02 Å². The largest absolute Gasteiger partial charge is 0.492 e. The van der Waals surface area contributed by atoms with Crippen molar-refractivity contribution >= 4 is 33.8 Å². The number of ether oxygens (including phenoxy) is 1. The van der Waals surface area contributed by atoms with E-state index in [9.17, 15) is 4.79 Å². The lowest BCUT2D eigenvalue weighted by atomic mass is 10.1. The number of carbonyl (C=O) groups is 1. The summed E-state index contributed by atoms with van der Waals surface area (Å²) in [5.74, 6) is 0.787. The molecule has 0 aliphatic heterocycles. The number of rotatable bonds is 7. The molecule has 0 saturated carbocycles. The summed E-state index contributed by atoms with van der Waals surface area (Å²) in [5, 5.41) is 5.59. The molecule has 0 spiro atoms. The zero-order chi connectivity index (χ0) is 21.1. The van der Waals surface area contributed by atoms with Crippen molar-refractivity contribution in [3.63, 3.8) is 0 Å². The highest BCUT2D eigenvalue weighted by molar-refractivity contribution is 7.15. The second-order valence-electron chi connectivity index (χ2n) is 7.21. The zero-order valence-corrected chi connectivity index (χ0v) is 18.4. The molecular formula is C23H22ClN3O2S. The molecule has 4 aromatic rings. The molecule has 0 saturated heterocycles. The van der Waals surface area contributed by atoms with Crippen LogP contribution in [0.15, 0.2) is 54.0 Å². The lowest BCUT2D eigenvalue weighted by Crippen LogP contribution is -2.29. The highest BCUT2D eigenvalue weighted by Crippen LogP contribution is 2.25. The van der Waals surface area contributed by atoms with E-state index in [2.05, 4.69) is 16.4 Å². The van der Waals surface area contributed by atoms with Crippen LogP contribution < -0.4 is 10.1 Å². The van der Waals surface area contributed by atoms with E-state index in [1.54, 1.807) is 0 Å². The van der Waals surface area contributed by atoms with Crippen molar-refractivity contribution in [1.82, 2.24) is 14.7 Å². The zero-order valence-electron chi connectivity index (χ0n) is 16.8. The molecule has 2 aromatic heterocycles. The van der Waals surface area contributed by atoms with Crippen LogP contribution in [0, 0.1) is 13.8 Å². The Morgan fingerprint density at radius 1 is 1.17 bits per heavy atom. The van der Waals surface area contributed by atoms with E-state index in [0.717, 1.165) is 38.8 Å². The monoisotopic (exact) mass is 439 g/mol. The van der Waals surface area contributed by atoms with Gasteiger partial charge in [-0.15, -0.1) is 11.3 Å². The van der Waals surface area contributed by atoms with Gasteiger partial charge in [0.1, 0.15) is 12.4 Å². The highest BCUT2D eigenvalue weighted by Gasteiger charge is 2.12. The third kappa shape index (κ3) is 4.83. The number of aromatic nitrogens is 2. The smallest absolute Gasteiger partial charge is 0.226 e. The van der Waals surface area contributed by atoms with Crippen molar-refractivity contribution in [1.29, 1.82) is 0 Å². The first kappa shape index (κ1) is 20.4. The van der Waals surface area contributed by atoms with Gasteiger partial charge >= 0.3 is 0 Å². The lowest BCUT2D eigenvalue weighted by molar-refractivity contribution is -0.120. The van der Waals surface area contributed by atoms with Gasteiger partial charge in [0.15, 0.2) is 4.96 Å². The summed E-state index contributed by atoms with van der Waals surface area (Å²) < 4.78 is 7.72. The normalized spacial score (nSPS) is 11.0. The fourth-order valence-corrected chi connectivity index (χ4v) is 4.32. The van der Waals surface area contributed by atoms with Gasteiger partial charge in [0.25, 0.3) is 0 Å². The number of nitrogens with zero attached hydrogens (tertiary/aromatic N) is 2. The molecule has 154 valence electrons. The Labute approximate surface area is 184 Å². The van der Waals surface area contributed by atoms with Gasteiger partial charge in [-0.25, -0.2) is 4.98 Å². The summed E-state index contributed by atoms with van der Waals surface area (Å²) in [7, 11) is 0. The molecule has 0 radical (unpaired) electrons. The summed E-state index contributed by atoms with van der Waals surface area (Å²) in [6, 6.07) is 13.7. The Kier molecular flexibility index (Phi) is 6.06. The van der Waals surface area contributed by atoms with Crippen molar-refractivity contribution in [2.45, 2.75) is 20.3 Å². The van der Waals surface area contributed by atoms with Gasteiger partial charge in [-0.1, -0.05) is 29.8 Å². The number of halogens is 1. The van der Waals surface area contributed by atoms with Crippen LogP contribution in [0.5, 0.6) is 5.75 Å². The van der Waals surface area contributed by atoms with E-state index in [-0.39, 0.29) is 5.91 Å². The van der Waals surface area contributed by atoms with E-state index >= 15 is 0 Å². The quantitative estimate of drug-likeness (QED) is 0.409. The van der Waals surface area contributed by atoms with Crippen molar-refractivity contribution < 1.29 is 9.53 Å². The fraction of sp³-hybridized carbons (Fsp3) is 0.217. The number of nitrogens with one attached hydrogen (secondary N) is 1. The van der Waals surface area contributed by atoms with Crippen LogP contribution >= 0.6 is 22.9 Å². The molecular weight excluding hydrogens is 418 g/mol. The first-order valence-corrected chi connectivity index (χ1v) is 10.9. The number of hydrogen-bond acceptors (Lipinski definition) is 4. The van der Waals surface area contributed by atoms with E-state index in [4.69, 9.17) is 16.3 Å². The first-order chi connectivity index (χ1) is 14.5.